The van der Waals surface area contributed by atoms with Crippen LogP contribution < -0.4 is 5.32 Å². The van der Waals surface area contributed by atoms with Gasteiger partial charge in [0.2, 0.25) is 11.8 Å². The summed E-state index contributed by atoms with van der Waals surface area (Å²) < 4.78 is 14.5. The number of likely N-dealkylation sites (tertiary alicyclic amines) is 1. The number of hydrogen-bond donors (Lipinski definition) is 3. The van der Waals surface area contributed by atoms with Crippen LogP contribution in [0.25, 0.3) is 0 Å². The molecule has 10 heteroatoms. The lowest BCUT2D eigenvalue weighted by atomic mass is 9.85. The van der Waals surface area contributed by atoms with E-state index in [0.717, 1.165) is 31.4 Å². The molecule has 0 radical (unpaired) electrons. The van der Waals surface area contributed by atoms with E-state index >= 15 is 0 Å². The van der Waals surface area contributed by atoms with Gasteiger partial charge in [-0.2, -0.15) is 0 Å². The summed E-state index contributed by atoms with van der Waals surface area (Å²) in [6, 6.07) is 8.69. The number of aryl methyl sites for hydroxylation is 1. The summed E-state index contributed by atoms with van der Waals surface area (Å²) in [6.45, 7) is 6.68. The normalized spacial score (nSPS) is 22.1. The number of benzene rings is 1. The number of imidazole rings is 1. The number of halogens is 1. The average Bonchev–Trinajstić information content (AvgIpc) is 3.83. The molecule has 5 rings (SSSR count). The standard InChI is InChI=1S/C32H44FN5O4/c1-31(2,3)27(36-30(42)32(33)14-15-32)29(41)38-20-24(39)16-25(38)28-34-17-23(35-28)19-37(18-22-12-13-22)26(40)11-7-10-21-8-5-4-6-9-21/h4-6,8-9,17,22,24-25,27,39H,7,10-16,18-20H2,1-3H3,(H,34,35)(H,36,42)/t24-,25+,27-/m1/s1. The molecule has 2 aromatic rings. The molecule has 3 N–H and O–H groups in total. The van der Waals surface area contributed by atoms with E-state index < -0.39 is 35.2 Å². The molecular formula is C32H44FN5O4. The summed E-state index contributed by atoms with van der Waals surface area (Å²) in [7, 11) is 0. The van der Waals surface area contributed by atoms with Crippen LogP contribution in [-0.2, 0) is 27.3 Å². The number of β-amino-alcohol motifs (C(OH)–C–C–N with tert-alkyl or cyclic N) is 1. The van der Waals surface area contributed by atoms with E-state index in [-0.39, 0.29) is 31.2 Å². The molecular weight excluding hydrogens is 537 g/mol. The molecule has 0 bridgehead atoms. The zero-order valence-corrected chi connectivity index (χ0v) is 24.9. The van der Waals surface area contributed by atoms with Crippen molar-refractivity contribution in [3.63, 3.8) is 0 Å². The number of carbonyl (C=O) groups is 3. The Morgan fingerprint density at radius 3 is 2.57 bits per heavy atom. The van der Waals surface area contributed by atoms with Gasteiger partial charge in [-0.3, -0.25) is 14.4 Å². The van der Waals surface area contributed by atoms with Crippen LogP contribution in [0.2, 0.25) is 0 Å². The Kier molecular flexibility index (Phi) is 8.73. The monoisotopic (exact) mass is 581 g/mol. The first-order valence-electron chi connectivity index (χ1n) is 15.3. The van der Waals surface area contributed by atoms with Gasteiger partial charge >= 0.3 is 0 Å². The van der Waals surface area contributed by atoms with Gasteiger partial charge in [0.25, 0.3) is 5.91 Å². The Bertz CT molecular complexity index is 1270. The third kappa shape index (κ3) is 7.38. The number of hydrogen-bond acceptors (Lipinski definition) is 5. The highest BCUT2D eigenvalue weighted by atomic mass is 19.1. The van der Waals surface area contributed by atoms with Crippen LogP contribution in [0.4, 0.5) is 4.39 Å². The number of aliphatic hydroxyl groups excluding tert-OH is 1. The average molecular weight is 582 g/mol. The van der Waals surface area contributed by atoms with Crippen LogP contribution in [0.5, 0.6) is 0 Å². The van der Waals surface area contributed by atoms with Gasteiger partial charge in [0.15, 0.2) is 5.67 Å². The van der Waals surface area contributed by atoms with Gasteiger partial charge < -0.3 is 25.2 Å². The van der Waals surface area contributed by atoms with Crippen LogP contribution in [0.3, 0.4) is 0 Å². The SMILES string of the molecule is CC(C)(C)[C@H](NC(=O)C1(F)CC1)C(=O)N1C[C@H](O)C[C@H]1c1ncc(CN(CC2CC2)C(=O)CCCc2ccccc2)[nH]1. The Balaban J connectivity index is 1.25. The van der Waals surface area contributed by atoms with Crippen LogP contribution in [0, 0.1) is 11.3 Å². The highest BCUT2D eigenvalue weighted by Crippen LogP contribution is 2.41. The van der Waals surface area contributed by atoms with Crippen molar-refractivity contribution >= 4 is 17.7 Å². The molecule has 2 saturated carbocycles. The molecule has 9 nitrogen and oxygen atoms in total. The minimum absolute atomic E-state index is 0.0937. The fourth-order valence-electron chi connectivity index (χ4n) is 5.67. The number of nitrogens with one attached hydrogen (secondary N) is 2. The number of rotatable bonds is 12. The molecule has 1 aromatic heterocycles. The third-order valence-corrected chi connectivity index (χ3v) is 8.60. The minimum atomic E-state index is -1.89. The quantitative estimate of drug-likeness (QED) is 0.352. The van der Waals surface area contributed by atoms with Crippen molar-refractivity contribution in [3.8, 4) is 0 Å². The maximum atomic E-state index is 14.5. The number of H-pyrrole nitrogens is 1. The number of nitrogens with zero attached hydrogens (tertiary/aromatic N) is 3. The molecule has 3 amide bonds. The van der Waals surface area contributed by atoms with Gasteiger partial charge in [-0.15, -0.1) is 0 Å². The van der Waals surface area contributed by atoms with Gasteiger partial charge in [0.1, 0.15) is 11.9 Å². The molecule has 3 atom stereocenters. The van der Waals surface area contributed by atoms with Crippen molar-refractivity contribution < 1.29 is 23.9 Å². The molecule has 1 aromatic carbocycles. The highest BCUT2D eigenvalue weighted by Gasteiger charge is 2.53. The molecule has 1 saturated heterocycles. The molecule has 0 unspecified atom stereocenters. The molecule has 1 aliphatic heterocycles. The third-order valence-electron chi connectivity index (χ3n) is 8.60. The minimum Gasteiger partial charge on any atom is -0.391 e. The van der Waals surface area contributed by atoms with Crippen LogP contribution in [-0.4, -0.2) is 73.5 Å². The van der Waals surface area contributed by atoms with Crippen LogP contribution in [0.1, 0.15) is 88.8 Å². The smallest absolute Gasteiger partial charge is 0.258 e. The second-order valence-electron chi connectivity index (χ2n) is 13.5. The lowest BCUT2D eigenvalue weighted by molar-refractivity contribution is -0.142. The first kappa shape index (κ1) is 30.2. The van der Waals surface area contributed by atoms with Gasteiger partial charge in [-0.25, -0.2) is 9.37 Å². The van der Waals surface area contributed by atoms with Crippen molar-refractivity contribution in [2.75, 3.05) is 13.1 Å². The fourth-order valence-corrected chi connectivity index (χ4v) is 5.67. The van der Waals surface area contributed by atoms with E-state index in [0.29, 0.717) is 37.7 Å². The molecule has 3 fully saturated rings. The summed E-state index contributed by atoms with van der Waals surface area (Å²) in [5.41, 5.74) is -0.575. The van der Waals surface area contributed by atoms with Gasteiger partial charge in [-0.05, 0) is 55.4 Å². The van der Waals surface area contributed by atoms with Gasteiger partial charge in [0.05, 0.1) is 30.6 Å². The summed E-state index contributed by atoms with van der Waals surface area (Å²) in [5, 5.41) is 13.2. The topological polar surface area (TPSA) is 119 Å². The molecule has 42 heavy (non-hydrogen) atoms. The Morgan fingerprint density at radius 1 is 1.21 bits per heavy atom. The van der Waals surface area contributed by atoms with E-state index in [9.17, 15) is 23.9 Å². The van der Waals surface area contributed by atoms with E-state index in [1.54, 1.807) is 6.20 Å². The maximum absolute atomic E-state index is 14.5. The largest absolute Gasteiger partial charge is 0.391 e. The van der Waals surface area contributed by atoms with E-state index in [1.165, 1.54) is 10.5 Å². The number of carbonyl (C=O) groups excluding carboxylic acids is 3. The first-order valence-corrected chi connectivity index (χ1v) is 15.3. The number of aliphatic hydroxyl groups is 1. The predicted octanol–water partition coefficient (Wildman–Crippen LogP) is 3.84. The summed E-state index contributed by atoms with van der Waals surface area (Å²) in [6.07, 6.45) is 5.94. The molecule has 0 spiro atoms. The van der Waals surface area contributed by atoms with Crippen LogP contribution in [0.15, 0.2) is 36.5 Å². The van der Waals surface area contributed by atoms with Crippen molar-refractivity contribution in [2.24, 2.45) is 11.3 Å². The van der Waals surface area contributed by atoms with E-state index in [1.807, 2.05) is 43.9 Å². The van der Waals surface area contributed by atoms with Gasteiger partial charge in [0, 0.05) is 25.9 Å². The lowest BCUT2D eigenvalue weighted by Crippen LogP contribution is -2.56. The summed E-state index contributed by atoms with van der Waals surface area (Å²) in [4.78, 5) is 50.9. The van der Waals surface area contributed by atoms with Crippen molar-refractivity contribution in [1.82, 2.24) is 25.1 Å². The van der Waals surface area contributed by atoms with Crippen molar-refractivity contribution in [1.29, 1.82) is 0 Å². The maximum Gasteiger partial charge on any atom is 0.258 e. The second-order valence-corrected chi connectivity index (χ2v) is 13.5. The zero-order chi connectivity index (χ0) is 30.1. The van der Waals surface area contributed by atoms with Crippen molar-refractivity contribution in [2.45, 2.75) is 103 Å². The van der Waals surface area contributed by atoms with E-state index in [2.05, 4.69) is 27.4 Å². The second kappa shape index (κ2) is 12.1. The number of amides is 3. The highest BCUT2D eigenvalue weighted by molar-refractivity contribution is 5.93. The van der Waals surface area contributed by atoms with E-state index in [4.69, 9.17) is 0 Å². The summed E-state index contributed by atoms with van der Waals surface area (Å²) in [5.74, 6) is 0.0559. The Labute approximate surface area is 247 Å². The number of alkyl halides is 1. The molecule has 3 aliphatic rings. The Morgan fingerprint density at radius 2 is 1.93 bits per heavy atom. The number of aromatic nitrogens is 2. The molecule has 2 heterocycles. The lowest BCUT2D eigenvalue weighted by Gasteiger charge is -2.35. The number of aromatic amines is 1. The van der Waals surface area contributed by atoms with Crippen LogP contribution >= 0.6 is 0 Å². The van der Waals surface area contributed by atoms with Gasteiger partial charge in [-0.1, -0.05) is 51.1 Å². The van der Waals surface area contributed by atoms with Crippen molar-refractivity contribution in [3.05, 3.63) is 53.6 Å². The first-order chi connectivity index (χ1) is 19.9. The molecule has 228 valence electrons. The Hall–Kier alpha value is -3.27. The zero-order valence-electron chi connectivity index (χ0n) is 24.9. The summed E-state index contributed by atoms with van der Waals surface area (Å²) >= 11 is 0. The molecule has 2 aliphatic carbocycles. The predicted molar refractivity (Wildman–Crippen MR) is 156 cm³/mol. The fraction of sp³-hybridized carbons (Fsp3) is 0.625.